The molecule has 7 nitrogen and oxygen atoms in total. The van der Waals surface area contributed by atoms with Crippen molar-refractivity contribution >= 4 is 17.8 Å². The summed E-state index contributed by atoms with van der Waals surface area (Å²) in [4.78, 5) is 24.3. The van der Waals surface area contributed by atoms with Crippen molar-refractivity contribution in [3.63, 3.8) is 0 Å². The highest BCUT2D eigenvalue weighted by molar-refractivity contribution is 6.26. The number of oxime groups is 1. The summed E-state index contributed by atoms with van der Waals surface area (Å²) in [6.45, 7) is 4.24. The van der Waals surface area contributed by atoms with E-state index < -0.39 is 5.91 Å². The first-order valence-corrected chi connectivity index (χ1v) is 7.28. The van der Waals surface area contributed by atoms with Crippen molar-refractivity contribution in [2.75, 3.05) is 13.1 Å². The molecule has 0 bridgehead atoms. The molecule has 2 N–H and O–H groups in total. The molecule has 0 aromatic heterocycles. The van der Waals surface area contributed by atoms with Crippen LogP contribution in [0, 0.1) is 4.91 Å². The van der Waals surface area contributed by atoms with E-state index in [2.05, 4.69) is 20.5 Å². The maximum Gasteiger partial charge on any atom is 0.266 e. The number of nitroso groups, excluding NO2 is 1. The Morgan fingerprint density at radius 3 is 3.05 bits per heavy atom. The summed E-state index contributed by atoms with van der Waals surface area (Å²) in [6, 6.07) is 5.48. The number of nitrogens with one attached hydrogen (secondary N) is 1. The van der Waals surface area contributed by atoms with E-state index in [9.17, 15) is 9.70 Å². The van der Waals surface area contributed by atoms with Crippen molar-refractivity contribution in [1.29, 1.82) is 0 Å². The van der Waals surface area contributed by atoms with Crippen LogP contribution in [-0.4, -0.2) is 41.4 Å². The summed E-state index contributed by atoms with van der Waals surface area (Å²) in [5, 5.41) is 16.8. The van der Waals surface area contributed by atoms with Gasteiger partial charge in [0.25, 0.3) is 5.91 Å². The van der Waals surface area contributed by atoms with Crippen LogP contribution in [0.25, 0.3) is 0 Å². The zero-order chi connectivity index (χ0) is 15.9. The molecule has 1 heterocycles. The molecular formula is C15H20N4O3. The highest BCUT2D eigenvalue weighted by Crippen LogP contribution is 2.23. The second-order valence-corrected chi connectivity index (χ2v) is 5.54. The van der Waals surface area contributed by atoms with E-state index in [1.165, 1.54) is 5.56 Å². The number of nitrogens with zero attached hydrogens (tertiary/aromatic N) is 3. The van der Waals surface area contributed by atoms with Crippen LogP contribution in [0.3, 0.4) is 0 Å². The highest BCUT2D eigenvalue weighted by Gasteiger charge is 2.17. The third-order valence-corrected chi connectivity index (χ3v) is 3.71. The van der Waals surface area contributed by atoms with Gasteiger partial charge in [-0.15, -0.1) is 4.91 Å². The maximum atomic E-state index is 11.4. The molecule has 2 rings (SSSR count). The zero-order valence-electron chi connectivity index (χ0n) is 12.5. The number of amides is 1. The lowest BCUT2D eigenvalue weighted by Crippen LogP contribution is -2.42. The third-order valence-electron chi connectivity index (χ3n) is 3.71. The average molecular weight is 304 g/mol. The minimum Gasteiger partial charge on any atom is -0.411 e. The van der Waals surface area contributed by atoms with E-state index in [1.54, 1.807) is 6.07 Å². The van der Waals surface area contributed by atoms with Crippen molar-refractivity contribution in [2.24, 2.45) is 10.3 Å². The molecule has 1 amide bonds. The predicted molar refractivity (Wildman–Crippen MR) is 83.4 cm³/mol. The first kappa shape index (κ1) is 16.1. The van der Waals surface area contributed by atoms with Crippen LogP contribution in [0.1, 0.15) is 24.5 Å². The van der Waals surface area contributed by atoms with Gasteiger partial charge in [0.15, 0.2) is 0 Å². The molecule has 0 aliphatic carbocycles. The number of carbonyl (C=O) groups is 1. The van der Waals surface area contributed by atoms with Crippen LogP contribution in [0.5, 0.6) is 0 Å². The lowest BCUT2D eigenvalue weighted by Gasteiger charge is -2.24. The molecular weight excluding hydrogens is 284 g/mol. The second kappa shape index (κ2) is 7.65. The Morgan fingerprint density at radius 1 is 1.50 bits per heavy atom. The molecule has 1 aliphatic heterocycles. The van der Waals surface area contributed by atoms with Gasteiger partial charge in [-0.25, -0.2) is 0 Å². The van der Waals surface area contributed by atoms with E-state index >= 15 is 0 Å². The lowest BCUT2D eigenvalue weighted by molar-refractivity contribution is -0.115. The van der Waals surface area contributed by atoms with Crippen LogP contribution >= 0.6 is 0 Å². The van der Waals surface area contributed by atoms with Crippen LogP contribution in [0.2, 0.25) is 0 Å². The van der Waals surface area contributed by atoms with E-state index in [4.69, 9.17) is 5.21 Å². The minimum atomic E-state index is -0.419. The molecule has 0 saturated carbocycles. The Hall–Kier alpha value is -2.28. The fraction of sp³-hybridized carbons (Fsp3) is 0.467. The monoisotopic (exact) mass is 304 g/mol. The molecule has 118 valence electrons. The predicted octanol–water partition coefficient (Wildman–Crippen LogP) is 1.80. The first-order chi connectivity index (χ1) is 10.6. The zero-order valence-corrected chi connectivity index (χ0v) is 12.5. The number of hydrogen-bond acceptors (Lipinski definition) is 6. The lowest BCUT2D eigenvalue weighted by atomic mass is 10.0. The van der Waals surface area contributed by atoms with Gasteiger partial charge >= 0.3 is 0 Å². The molecule has 1 aromatic rings. The van der Waals surface area contributed by atoms with E-state index in [0.29, 0.717) is 12.2 Å². The van der Waals surface area contributed by atoms with Crippen LogP contribution in [-0.2, 0) is 17.8 Å². The number of fused-ring (bicyclic) bond motifs is 1. The molecule has 1 atom stereocenters. The van der Waals surface area contributed by atoms with Crippen molar-refractivity contribution in [1.82, 2.24) is 10.2 Å². The molecule has 0 radical (unpaired) electrons. The van der Waals surface area contributed by atoms with Gasteiger partial charge in [0.1, 0.15) is 11.9 Å². The largest absolute Gasteiger partial charge is 0.411 e. The minimum absolute atomic E-state index is 0.0700. The van der Waals surface area contributed by atoms with Gasteiger partial charge in [0.2, 0.25) is 0 Å². The van der Waals surface area contributed by atoms with Gasteiger partial charge in [-0.05, 0) is 54.7 Å². The van der Waals surface area contributed by atoms with Gasteiger partial charge in [-0.3, -0.25) is 9.69 Å². The SMILES string of the molecule is C[C@@H](CN1CCCc2ccc(N=O)cc2C1)NC(=O)/C=N/O. The Labute approximate surface area is 129 Å². The normalized spacial score (nSPS) is 16.8. The second-order valence-electron chi connectivity index (χ2n) is 5.54. The number of aryl methyl sites for hydroxylation is 1. The quantitative estimate of drug-likeness (QED) is 0.375. The van der Waals surface area contributed by atoms with Crippen LogP contribution < -0.4 is 5.32 Å². The first-order valence-electron chi connectivity index (χ1n) is 7.28. The summed E-state index contributed by atoms with van der Waals surface area (Å²) in [5.41, 5.74) is 2.81. The van der Waals surface area contributed by atoms with Gasteiger partial charge < -0.3 is 10.5 Å². The molecule has 0 saturated heterocycles. The van der Waals surface area contributed by atoms with Gasteiger partial charge in [-0.2, -0.15) is 0 Å². The molecule has 7 heteroatoms. The number of rotatable bonds is 5. The average Bonchev–Trinajstić information content (AvgIpc) is 2.67. The van der Waals surface area contributed by atoms with Crippen LogP contribution in [0.4, 0.5) is 5.69 Å². The maximum absolute atomic E-state index is 11.4. The molecule has 0 fully saturated rings. The number of hydrogen-bond donors (Lipinski definition) is 2. The molecule has 22 heavy (non-hydrogen) atoms. The molecule has 1 aliphatic rings. The van der Waals surface area contributed by atoms with Crippen molar-refractivity contribution in [2.45, 2.75) is 32.4 Å². The topological polar surface area (TPSA) is 94.4 Å². The molecule has 0 unspecified atom stereocenters. The smallest absolute Gasteiger partial charge is 0.266 e. The van der Waals surface area contributed by atoms with Crippen LogP contribution in [0.15, 0.2) is 28.5 Å². The third kappa shape index (κ3) is 4.36. The van der Waals surface area contributed by atoms with Crippen molar-refractivity contribution < 1.29 is 10.0 Å². The summed E-state index contributed by atoms with van der Waals surface area (Å²) >= 11 is 0. The number of benzene rings is 1. The Bertz CT molecular complexity index is 574. The fourth-order valence-electron chi connectivity index (χ4n) is 2.79. The van der Waals surface area contributed by atoms with Crippen molar-refractivity contribution in [3.05, 3.63) is 34.2 Å². The summed E-state index contributed by atoms with van der Waals surface area (Å²) < 4.78 is 0. The van der Waals surface area contributed by atoms with E-state index in [1.807, 2.05) is 19.1 Å². The Morgan fingerprint density at radius 2 is 2.32 bits per heavy atom. The Kier molecular flexibility index (Phi) is 5.60. The Balaban J connectivity index is 2.00. The highest BCUT2D eigenvalue weighted by atomic mass is 16.4. The summed E-state index contributed by atoms with van der Waals surface area (Å²) in [7, 11) is 0. The van der Waals surface area contributed by atoms with E-state index in [0.717, 1.165) is 37.7 Å². The number of carbonyl (C=O) groups excluding carboxylic acids is 1. The molecule has 0 spiro atoms. The fourth-order valence-corrected chi connectivity index (χ4v) is 2.79. The van der Waals surface area contributed by atoms with Crippen molar-refractivity contribution in [3.8, 4) is 0 Å². The molecule has 1 aromatic carbocycles. The van der Waals surface area contributed by atoms with Gasteiger partial charge in [0.05, 0.1) is 0 Å². The standard InChI is InChI=1S/C15H20N4O3/c1-11(17-15(20)8-16-21)9-19-6-2-3-12-4-5-14(18-22)7-13(12)10-19/h4-5,7-8,11,21H,2-3,6,9-10H2,1H3,(H,17,20)/b16-8+/t11-/m0/s1. The summed E-state index contributed by atoms with van der Waals surface area (Å²) in [5.74, 6) is -0.419. The van der Waals surface area contributed by atoms with Gasteiger partial charge in [-0.1, -0.05) is 11.2 Å². The van der Waals surface area contributed by atoms with Gasteiger partial charge in [0, 0.05) is 19.1 Å². The van der Waals surface area contributed by atoms with E-state index in [-0.39, 0.29) is 6.04 Å². The summed E-state index contributed by atoms with van der Waals surface area (Å²) in [6.07, 6.45) is 2.85.